The first-order valence-corrected chi connectivity index (χ1v) is 12.7. The van der Waals surface area contributed by atoms with E-state index in [9.17, 15) is 0 Å². The van der Waals surface area contributed by atoms with Crippen LogP contribution in [0.4, 0.5) is 11.6 Å². The van der Waals surface area contributed by atoms with Crippen LogP contribution in [0, 0.1) is 5.41 Å². The highest BCUT2D eigenvalue weighted by molar-refractivity contribution is 6.07. The summed E-state index contributed by atoms with van der Waals surface area (Å²) in [5.41, 5.74) is 9.16. The van der Waals surface area contributed by atoms with Gasteiger partial charge in [0, 0.05) is 43.2 Å². The Hall–Kier alpha value is -4.05. The van der Waals surface area contributed by atoms with Crippen molar-refractivity contribution in [3.05, 3.63) is 60.3 Å². The molecule has 0 atom stereocenters. The summed E-state index contributed by atoms with van der Waals surface area (Å²) in [6, 6.07) is 7.99. The van der Waals surface area contributed by atoms with Crippen molar-refractivity contribution in [3.63, 3.8) is 0 Å². The van der Waals surface area contributed by atoms with Gasteiger partial charge in [0.25, 0.3) is 0 Å². The molecular formula is C27H35N9O. The van der Waals surface area contributed by atoms with Gasteiger partial charge in [-0.2, -0.15) is 0 Å². The van der Waals surface area contributed by atoms with E-state index in [1.807, 2.05) is 31.2 Å². The van der Waals surface area contributed by atoms with Crippen molar-refractivity contribution in [2.45, 2.75) is 32.7 Å². The van der Waals surface area contributed by atoms with E-state index in [2.05, 4.69) is 35.5 Å². The van der Waals surface area contributed by atoms with Gasteiger partial charge in [-0.3, -0.25) is 4.90 Å². The summed E-state index contributed by atoms with van der Waals surface area (Å²) in [4.78, 5) is 20.3. The molecule has 1 aromatic carbocycles. The Balaban J connectivity index is 1.36. The molecule has 10 nitrogen and oxygen atoms in total. The van der Waals surface area contributed by atoms with Crippen LogP contribution in [0.25, 0.3) is 17.0 Å². The molecule has 5 N–H and O–H groups in total. The van der Waals surface area contributed by atoms with Gasteiger partial charge in [0.15, 0.2) is 23.2 Å². The summed E-state index contributed by atoms with van der Waals surface area (Å²) in [6.45, 7) is 7.12. The zero-order valence-electron chi connectivity index (χ0n) is 21.3. The summed E-state index contributed by atoms with van der Waals surface area (Å²) >= 11 is 0. The highest BCUT2D eigenvalue weighted by atomic mass is 16.5. The second-order valence-corrected chi connectivity index (χ2v) is 8.84. The number of aromatic nitrogens is 4. The van der Waals surface area contributed by atoms with E-state index in [0.717, 1.165) is 37.3 Å². The van der Waals surface area contributed by atoms with Crippen LogP contribution in [0.5, 0.6) is 5.75 Å². The van der Waals surface area contributed by atoms with Gasteiger partial charge in [-0.1, -0.05) is 24.6 Å². The first-order chi connectivity index (χ1) is 18.2. The van der Waals surface area contributed by atoms with Crippen molar-refractivity contribution in [2.24, 2.45) is 0 Å². The van der Waals surface area contributed by atoms with Gasteiger partial charge in [0.2, 0.25) is 0 Å². The Morgan fingerprint density at radius 3 is 2.70 bits per heavy atom. The largest absolute Gasteiger partial charge is 0.489 e. The quantitative estimate of drug-likeness (QED) is 0.274. The van der Waals surface area contributed by atoms with Crippen LogP contribution < -0.4 is 21.1 Å². The van der Waals surface area contributed by atoms with Gasteiger partial charge in [0.1, 0.15) is 6.61 Å². The fraction of sp³-hybridized carbons (Fsp3) is 0.370. The Labute approximate surface area is 217 Å². The number of ether oxygens (including phenoxy) is 1. The van der Waals surface area contributed by atoms with Crippen molar-refractivity contribution in [1.82, 2.24) is 30.2 Å². The van der Waals surface area contributed by atoms with Crippen molar-refractivity contribution in [2.75, 3.05) is 43.8 Å². The summed E-state index contributed by atoms with van der Waals surface area (Å²) in [7, 11) is 0. The van der Waals surface area contributed by atoms with Crippen LogP contribution in [-0.2, 0) is 6.54 Å². The lowest BCUT2D eigenvalue weighted by Gasteiger charge is -2.26. The first kappa shape index (κ1) is 26.0. The number of nitrogens with one attached hydrogen (secondary N) is 3. The molecule has 0 amide bonds. The molecule has 1 fully saturated rings. The maximum absolute atomic E-state index is 7.66. The third kappa shape index (κ3) is 7.47. The van der Waals surface area contributed by atoms with Crippen LogP contribution in [0.2, 0.25) is 0 Å². The van der Waals surface area contributed by atoms with E-state index in [4.69, 9.17) is 15.9 Å². The van der Waals surface area contributed by atoms with Gasteiger partial charge in [0.05, 0.1) is 24.3 Å². The number of piperidine rings is 1. The molecule has 0 saturated carbocycles. The zero-order valence-corrected chi connectivity index (χ0v) is 21.3. The molecule has 0 spiro atoms. The SMILES string of the molecule is CCN/C=C(\C=N)c1cnc(N)c(NCc2cccc(-c3ncc(OCCN4CCCCC4)cn3)c2)n1. The number of likely N-dealkylation sites (tertiary alicyclic amines) is 1. The van der Waals surface area contributed by atoms with Gasteiger partial charge >= 0.3 is 0 Å². The molecular weight excluding hydrogens is 466 g/mol. The Bertz CT molecular complexity index is 1190. The number of rotatable bonds is 12. The number of nitrogens with two attached hydrogens (primary N) is 1. The first-order valence-electron chi connectivity index (χ1n) is 12.7. The minimum absolute atomic E-state index is 0.298. The lowest BCUT2D eigenvalue weighted by atomic mass is 10.1. The van der Waals surface area contributed by atoms with E-state index in [0.29, 0.717) is 47.6 Å². The average molecular weight is 502 g/mol. The minimum atomic E-state index is 0.298. The lowest BCUT2D eigenvalue weighted by Crippen LogP contribution is -2.33. The standard InChI is InChI=1S/C27H35N9O/c1-2-30-16-22(14-28)24-19-31-25(29)27(35-24)32-15-20-7-6-8-21(13-20)26-33-17-23(18-34-26)37-12-11-36-9-4-3-5-10-36/h6-8,13-14,16-19,28,30H,2-5,9-12,15H2,1H3,(H2,29,31)(H,32,35)/b22-16+,28-14?. The number of nitrogen functional groups attached to an aromatic ring is 1. The third-order valence-corrected chi connectivity index (χ3v) is 6.11. The molecule has 194 valence electrons. The van der Waals surface area contributed by atoms with Crippen LogP contribution in [0.15, 0.2) is 49.1 Å². The number of anilines is 2. The third-order valence-electron chi connectivity index (χ3n) is 6.11. The number of benzene rings is 1. The van der Waals surface area contributed by atoms with Crippen LogP contribution in [0.3, 0.4) is 0 Å². The molecule has 3 heterocycles. The number of hydrogen-bond acceptors (Lipinski definition) is 10. The molecule has 0 bridgehead atoms. The summed E-state index contributed by atoms with van der Waals surface area (Å²) < 4.78 is 5.85. The van der Waals surface area contributed by atoms with Crippen LogP contribution in [-0.4, -0.2) is 63.8 Å². The van der Waals surface area contributed by atoms with E-state index in [1.54, 1.807) is 24.8 Å². The fourth-order valence-electron chi connectivity index (χ4n) is 4.09. The average Bonchev–Trinajstić information content (AvgIpc) is 2.94. The van der Waals surface area contributed by atoms with Crippen molar-refractivity contribution >= 4 is 23.4 Å². The Kier molecular flexibility index (Phi) is 9.36. The number of hydrogen-bond donors (Lipinski definition) is 4. The van der Waals surface area contributed by atoms with E-state index >= 15 is 0 Å². The molecule has 1 aliphatic heterocycles. The van der Waals surface area contributed by atoms with E-state index in [1.165, 1.54) is 25.5 Å². The second kappa shape index (κ2) is 13.3. The van der Waals surface area contributed by atoms with Crippen LogP contribution >= 0.6 is 0 Å². The maximum atomic E-state index is 7.66. The highest BCUT2D eigenvalue weighted by Crippen LogP contribution is 2.21. The zero-order chi connectivity index (χ0) is 25.9. The Morgan fingerprint density at radius 1 is 1.14 bits per heavy atom. The number of allylic oxidation sites excluding steroid dienone is 1. The highest BCUT2D eigenvalue weighted by Gasteiger charge is 2.11. The van der Waals surface area contributed by atoms with E-state index in [-0.39, 0.29) is 0 Å². The predicted octanol–water partition coefficient (Wildman–Crippen LogP) is 3.59. The summed E-state index contributed by atoms with van der Waals surface area (Å²) in [5, 5.41) is 14.0. The molecule has 1 saturated heterocycles. The molecule has 1 aliphatic rings. The fourth-order valence-corrected chi connectivity index (χ4v) is 4.09. The Morgan fingerprint density at radius 2 is 1.95 bits per heavy atom. The molecule has 0 aliphatic carbocycles. The molecule has 2 aromatic heterocycles. The smallest absolute Gasteiger partial charge is 0.169 e. The molecule has 0 unspecified atom stereocenters. The normalized spacial score (nSPS) is 14.2. The minimum Gasteiger partial charge on any atom is -0.489 e. The van der Waals surface area contributed by atoms with E-state index < -0.39 is 0 Å². The number of nitrogens with zero attached hydrogens (tertiary/aromatic N) is 5. The van der Waals surface area contributed by atoms with Gasteiger partial charge in [-0.15, -0.1) is 0 Å². The topological polar surface area (TPSA) is 138 Å². The van der Waals surface area contributed by atoms with Gasteiger partial charge in [-0.05, 0) is 44.5 Å². The summed E-state index contributed by atoms with van der Waals surface area (Å²) in [6.07, 6.45) is 11.9. The lowest BCUT2D eigenvalue weighted by molar-refractivity contribution is 0.183. The molecule has 3 aromatic rings. The molecule has 0 radical (unpaired) electrons. The van der Waals surface area contributed by atoms with Gasteiger partial charge in [-0.25, -0.2) is 19.9 Å². The molecule has 37 heavy (non-hydrogen) atoms. The molecule has 4 rings (SSSR count). The van der Waals surface area contributed by atoms with Crippen molar-refractivity contribution in [3.8, 4) is 17.1 Å². The van der Waals surface area contributed by atoms with Crippen LogP contribution in [0.1, 0.15) is 37.4 Å². The second-order valence-electron chi connectivity index (χ2n) is 8.84. The molecule has 10 heteroatoms. The predicted molar refractivity (Wildman–Crippen MR) is 147 cm³/mol. The monoisotopic (exact) mass is 501 g/mol. The van der Waals surface area contributed by atoms with Crippen molar-refractivity contribution < 1.29 is 4.74 Å². The summed E-state index contributed by atoms with van der Waals surface area (Å²) in [5.74, 6) is 2.08. The van der Waals surface area contributed by atoms with Crippen molar-refractivity contribution in [1.29, 1.82) is 5.41 Å². The maximum Gasteiger partial charge on any atom is 0.169 e. The van der Waals surface area contributed by atoms with Gasteiger partial charge < -0.3 is 26.5 Å².